The third-order valence-corrected chi connectivity index (χ3v) is 5.02. The van der Waals surface area contributed by atoms with Crippen LogP contribution in [0.5, 0.6) is 0 Å². The number of pyridine rings is 1. The fourth-order valence-electron chi connectivity index (χ4n) is 3.59. The van der Waals surface area contributed by atoms with Crippen molar-refractivity contribution in [1.82, 2.24) is 19.4 Å². The maximum atomic E-state index is 12.6. The number of carbonyl (C=O) groups is 1. The van der Waals surface area contributed by atoms with E-state index in [1.165, 1.54) is 10.8 Å². The van der Waals surface area contributed by atoms with Crippen LogP contribution < -0.4 is 11.2 Å². The Morgan fingerprint density at radius 2 is 1.96 bits per heavy atom. The van der Waals surface area contributed by atoms with Crippen LogP contribution in [-0.4, -0.2) is 38.4 Å². The van der Waals surface area contributed by atoms with Gasteiger partial charge in [-0.05, 0) is 30.0 Å². The number of H-pyrrole nitrogens is 1. The van der Waals surface area contributed by atoms with Crippen LogP contribution in [0.15, 0.2) is 58.3 Å². The molecule has 1 aliphatic rings. The lowest BCUT2D eigenvalue weighted by molar-refractivity contribution is -0.129. The normalized spacial score (nSPS) is 16.7. The monoisotopic (exact) mass is 364 g/mol. The molecule has 27 heavy (non-hydrogen) atoms. The van der Waals surface area contributed by atoms with Crippen LogP contribution in [0.3, 0.4) is 0 Å². The molecule has 1 saturated heterocycles. The summed E-state index contributed by atoms with van der Waals surface area (Å²) in [4.78, 5) is 46.0. The number of aromatic nitrogens is 3. The van der Waals surface area contributed by atoms with Gasteiger partial charge in [0.1, 0.15) is 0 Å². The van der Waals surface area contributed by atoms with Crippen molar-refractivity contribution in [1.29, 1.82) is 0 Å². The molecule has 2 aromatic heterocycles. The number of nitrogens with zero attached hydrogens (tertiary/aromatic N) is 3. The van der Waals surface area contributed by atoms with E-state index in [1.54, 1.807) is 12.1 Å². The zero-order valence-corrected chi connectivity index (χ0v) is 14.8. The van der Waals surface area contributed by atoms with E-state index in [1.807, 2.05) is 35.2 Å². The van der Waals surface area contributed by atoms with Crippen molar-refractivity contribution in [3.8, 4) is 0 Å². The van der Waals surface area contributed by atoms with E-state index in [4.69, 9.17) is 0 Å². The number of fused-ring (bicyclic) bond motifs is 1. The second-order valence-electron chi connectivity index (χ2n) is 6.90. The molecule has 0 bridgehead atoms. The van der Waals surface area contributed by atoms with Gasteiger partial charge in [-0.3, -0.25) is 14.2 Å². The van der Waals surface area contributed by atoms with E-state index in [-0.39, 0.29) is 29.4 Å². The topological polar surface area (TPSA) is 88.1 Å². The summed E-state index contributed by atoms with van der Waals surface area (Å²) < 4.78 is 1.20. The van der Waals surface area contributed by atoms with Gasteiger partial charge in [-0.25, -0.2) is 9.78 Å². The molecule has 4 rings (SSSR count). The van der Waals surface area contributed by atoms with Crippen molar-refractivity contribution < 1.29 is 4.79 Å². The lowest BCUT2D eigenvalue weighted by Gasteiger charge is -2.17. The molecule has 1 fully saturated rings. The summed E-state index contributed by atoms with van der Waals surface area (Å²) in [5, 5.41) is 0. The molecule has 1 N–H and O–H groups in total. The number of carbonyl (C=O) groups excluding carboxylic acids is 1. The van der Waals surface area contributed by atoms with Crippen LogP contribution in [0.25, 0.3) is 11.0 Å². The van der Waals surface area contributed by atoms with Gasteiger partial charge in [0.15, 0.2) is 5.52 Å². The minimum absolute atomic E-state index is 0.0738. The Balaban J connectivity index is 1.47. The Bertz CT molecular complexity index is 1090. The van der Waals surface area contributed by atoms with Crippen LogP contribution in [0.1, 0.15) is 12.0 Å². The van der Waals surface area contributed by atoms with E-state index >= 15 is 0 Å². The highest BCUT2D eigenvalue weighted by Gasteiger charge is 2.27. The summed E-state index contributed by atoms with van der Waals surface area (Å²) >= 11 is 0. The van der Waals surface area contributed by atoms with Crippen molar-refractivity contribution in [2.24, 2.45) is 5.92 Å². The smallest absolute Gasteiger partial charge is 0.328 e. The summed E-state index contributed by atoms with van der Waals surface area (Å²) in [6.45, 7) is 1.49. The summed E-state index contributed by atoms with van der Waals surface area (Å²) in [6, 6.07) is 13.0. The van der Waals surface area contributed by atoms with Gasteiger partial charge < -0.3 is 9.88 Å². The fraction of sp³-hybridized carbons (Fsp3) is 0.300. The van der Waals surface area contributed by atoms with Crippen LogP contribution >= 0.6 is 0 Å². The first-order valence-electron chi connectivity index (χ1n) is 9.01. The molecule has 1 unspecified atom stereocenters. The van der Waals surface area contributed by atoms with Crippen molar-refractivity contribution in [2.45, 2.75) is 19.4 Å². The minimum atomic E-state index is -0.436. The fourth-order valence-corrected chi connectivity index (χ4v) is 3.59. The SMILES string of the molecule is O=C(Cc1ccccc1)N1CCC(Cn2c(=O)[nH]c3cccnc3c2=O)C1. The molecule has 1 aliphatic heterocycles. The molecule has 7 heteroatoms. The van der Waals surface area contributed by atoms with Crippen LogP contribution in [0.4, 0.5) is 0 Å². The van der Waals surface area contributed by atoms with Crippen LogP contribution in [0.2, 0.25) is 0 Å². The largest absolute Gasteiger partial charge is 0.342 e. The number of benzene rings is 1. The summed E-state index contributed by atoms with van der Waals surface area (Å²) in [6.07, 6.45) is 2.67. The Morgan fingerprint density at radius 1 is 1.15 bits per heavy atom. The third-order valence-electron chi connectivity index (χ3n) is 5.02. The minimum Gasteiger partial charge on any atom is -0.342 e. The highest BCUT2D eigenvalue weighted by Crippen LogP contribution is 2.18. The van der Waals surface area contributed by atoms with Gasteiger partial charge >= 0.3 is 5.69 Å². The van der Waals surface area contributed by atoms with E-state index in [0.29, 0.717) is 25.0 Å². The van der Waals surface area contributed by atoms with E-state index in [0.717, 1.165) is 12.0 Å². The molecular formula is C20H20N4O3. The molecule has 1 atom stereocenters. The Kier molecular flexibility index (Phi) is 4.58. The molecule has 1 amide bonds. The van der Waals surface area contributed by atoms with Gasteiger partial charge in [0.25, 0.3) is 5.56 Å². The first-order valence-corrected chi connectivity index (χ1v) is 9.01. The molecule has 138 valence electrons. The number of aromatic amines is 1. The molecule has 0 radical (unpaired) electrons. The molecule has 3 heterocycles. The van der Waals surface area contributed by atoms with Gasteiger partial charge in [0, 0.05) is 25.8 Å². The van der Waals surface area contributed by atoms with E-state index < -0.39 is 5.69 Å². The number of likely N-dealkylation sites (tertiary alicyclic amines) is 1. The maximum absolute atomic E-state index is 12.6. The van der Waals surface area contributed by atoms with Gasteiger partial charge in [0.05, 0.1) is 11.9 Å². The average molecular weight is 364 g/mol. The van der Waals surface area contributed by atoms with Crippen LogP contribution in [0, 0.1) is 5.92 Å². The van der Waals surface area contributed by atoms with Crippen molar-refractivity contribution >= 4 is 16.9 Å². The van der Waals surface area contributed by atoms with Gasteiger partial charge in [0.2, 0.25) is 5.91 Å². The second kappa shape index (κ2) is 7.19. The first-order chi connectivity index (χ1) is 13.1. The quantitative estimate of drug-likeness (QED) is 0.753. The van der Waals surface area contributed by atoms with Gasteiger partial charge in [-0.1, -0.05) is 30.3 Å². The standard InChI is InChI=1S/C20H20N4O3/c25-17(11-14-5-2-1-3-6-14)23-10-8-15(12-23)13-24-19(26)18-16(22-20(24)27)7-4-9-21-18/h1-7,9,15H,8,10-13H2,(H,22,27). The summed E-state index contributed by atoms with van der Waals surface area (Å²) in [5.41, 5.74) is 0.860. The van der Waals surface area contributed by atoms with Crippen molar-refractivity contribution in [2.75, 3.05) is 13.1 Å². The number of hydrogen-bond donors (Lipinski definition) is 1. The lowest BCUT2D eigenvalue weighted by atomic mass is 10.1. The van der Waals surface area contributed by atoms with Gasteiger partial charge in [-0.2, -0.15) is 0 Å². The average Bonchev–Trinajstić information content (AvgIpc) is 3.15. The molecule has 0 spiro atoms. The Morgan fingerprint density at radius 3 is 2.78 bits per heavy atom. The number of nitrogens with one attached hydrogen (secondary N) is 1. The van der Waals surface area contributed by atoms with Crippen molar-refractivity contribution in [3.63, 3.8) is 0 Å². The van der Waals surface area contributed by atoms with Gasteiger partial charge in [-0.15, -0.1) is 0 Å². The summed E-state index contributed by atoms with van der Waals surface area (Å²) in [5.74, 6) is 0.148. The number of rotatable bonds is 4. The molecule has 3 aromatic rings. The predicted octanol–water partition coefficient (Wildman–Crippen LogP) is 1.18. The zero-order chi connectivity index (χ0) is 18.8. The highest BCUT2D eigenvalue weighted by molar-refractivity contribution is 5.79. The Labute approximate surface area is 155 Å². The van der Waals surface area contributed by atoms with Crippen molar-refractivity contribution in [3.05, 3.63) is 75.1 Å². The zero-order valence-electron chi connectivity index (χ0n) is 14.8. The molecular weight excluding hydrogens is 344 g/mol. The third kappa shape index (κ3) is 3.53. The van der Waals surface area contributed by atoms with E-state index in [9.17, 15) is 14.4 Å². The summed E-state index contributed by atoms with van der Waals surface area (Å²) in [7, 11) is 0. The van der Waals surface area contributed by atoms with Crippen LogP contribution in [-0.2, 0) is 17.8 Å². The number of hydrogen-bond acceptors (Lipinski definition) is 4. The predicted molar refractivity (Wildman–Crippen MR) is 101 cm³/mol. The highest BCUT2D eigenvalue weighted by atomic mass is 16.2. The Hall–Kier alpha value is -3.22. The molecule has 0 saturated carbocycles. The number of amides is 1. The maximum Gasteiger partial charge on any atom is 0.328 e. The molecule has 1 aromatic carbocycles. The van der Waals surface area contributed by atoms with E-state index in [2.05, 4.69) is 9.97 Å². The molecule has 0 aliphatic carbocycles. The first kappa shape index (κ1) is 17.2. The molecule has 7 nitrogen and oxygen atoms in total. The second-order valence-corrected chi connectivity index (χ2v) is 6.90. The lowest BCUT2D eigenvalue weighted by Crippen LogP contribution is -2.38.